The number of hydrogen-bond acceptors (Lipinski definition) is 2. The molecule has 146 valence electrons. The first kappa shape index (κ1) is 19.0. The number of carbonyl (C=O) groups excluding carboxylic acids is 2. The van der Waals surface area contributed by atoms with E-state index in [0.717, 1.165) is 12.0 Å². The first-order valence-corrected chi connectivity index (χ1v) is 10.4. The predicted octanol–water partition coefficient (Wildman–Crippen LogP) is 3.75. The summed E-state index contributed by atoms with van der Waals surface area (Å²) in [6.07, 6.45) is 2.12. The summed E-state index contributed by atoms with van der Waals surface area (Å²) >= 11 is 6.00. The minimum Gasteiger partial charge on any atom is -0.339 e. The number of piperazine rings is 1. The van der Waals surface area contributed by atoms with Crippen LogP contribution in [0.4, 0.5) is 0 Å². The number of nitrogens with zero attached hydrogens (tertiary/aromatic N) is 2. The van der Waals surface area contributed by atoms with Crippen molar-refractivity contribution in [3.63, 3.8) is 0 Å². The molecule has 2 amide bonds. The molecule has 2 atom stereocenters. The van der Waals surface area contributed by atoms with E-state index in [1.165, 1.54) is 5.56 Å². The Morgan fingerprint density at radius 2 is 1.64 bits per heavy atom. The molecule has 0 bridgehead atoms. The van der Waals surface area contributed by atoms with Crippen LogP contribution in [0.25, 0.3) is 0 Å². The van der Waals surface area contributed by atoms with Gasteiger partial charge in [0, 0.05) is 43.5 Å². The van der Waals surface area contributed by atoms with Crippen molar-refractivity contribution in [2.45, 2.75) is 25.2 Å². The Balaban J connectivity index is 1.23. The molecule has 0 aromatic heterocycles. The third kappa shape index (κ3) is 4.39. The van der Waals surface area contributed by atoms with Crippen molar-refractivity contribution in [3.8, 4) is 0 Å². The molecule has 0 spiro atoms. The molecule has 1 aliphatic heterocycles. The van der Waals surface area contributed by atoms with Gasteiger partial charge >= 0.3 is 0 Å². The summed E-state index contributed by atoms with van der Waals surface area (Å²) in [7, 11) is 0. The fourth-order valence-electron chi connectivity index (χ4n) is 4.05. The zero-order chi connectivity index (χ0) is 19.5. The molecule has 2 unspecified atom stereocenters. The lowest BCUT2D eigenvalue weighted by Gasteiger charge is -2.35. The Morgan fingerprint density at radius 3 is 2.36 bits per heavy atom. The van der Waals surface area contributed by atoms with Gasteiger partial charge < -0.3 is 9.80 Å². The second-order valence-corrected chi connectivity index (χ2v) is 8.13. The summed E-state index contributed by atoms with van der Waals surface area (Å²) in [5, 5.41) is 0.700. The summed E-state index contributed by atoms with van der Waals surface area (Å²) in [4.78, 5) is 29.1. The lowest BCUT2D eigenvalue weighted by Crippen LogP contribution is -2.51. The fraction of sp³-hybridized carbons (Fsp3) is 0.391. The fourth-order valence-corrected chi connectivity index (χ4v) is 4.26. The predicted molar refractivity (Wildman–Crippen MR) is 110 cm³/mol. The molecule has 1 aliphatic carbocycles. The zero-order valence-electron chi connectivity index (χ0n) is 15.9. The maximum Gasteiger partial charge on any atom is 0.226 e. The van der Waals surface area contributed by atoms with Crippen LogP contribution in [-0.2, 0) is 16.0 Å². The van der Waals surface area contributed by atoms with Gasteiger partial charge in [0.15, 0.2) is 0 Å². The minimum absolute atomic E-state index is 0.118. The molecule has 1 saturated carbocycles. The third-order valence-corrected chi connectivity index (χ3v) is 6.03. The van der Waals surface area contributed by atoms with Crippen LogP contribution >= 0.6 is 11.6 Å². The van der Waals surface area contributed by atoms with Gasteiger partial charge in [0.2, 0.25) is 11.8 Å². The average molecular weight is 397 g/mol. The quantitative estimate of drug-likeness (QED) is 0.772. The summed E-state index contributed by atoms with van der Waals surface area (Å²) in [5.41, 5.74) is 2.34. The Kier molecular flexibility index (Phi) is 5.67. The molecule has 2 fully saturated rings. The number of rotatable bonds is 5. The van der Waals surface area contributed by atoms with E-state index in [1.54, 1.807) is 0 Å². The van der Waals surface area contributed by atoms with Crippen molar-refractivity contribution in [3.05, 3.63) is 70.7 Å². The van der Waals surface area contributed by atoms with Crippen LogP contribution < -0.4 is 0 Å². The topological polar surface area (TPSA) is 40.6 Å². The van der Waals surface area contributed by atoms with Gasteiger partial charge in [-0.05, 0) is 42.0 Å². The van der Waals surface area contributed by atoms with E-state index in [2.05, 4.69) is 12.1 Å². The Bertz CT molecular complexity index is 847. The van der Waals surface area contributed by atoms with Crippen molar-refractivity contribution in [1.82, 2.24) is 9.80 Å². The Labute approximate surface area is 171 Å². The first-order chi connectivity index (χ1) is 13.6. The van der Waals surface area contributed by atoms with E-state index in [-0.39, 0.29) is 17.7 Å². The summed E-state index contributed by atoms with van der Waals surface area (Å²) in [6, 6.07) is 17.9. The monoisotopic (exact) mass is 396 g/mol. The molecule has 0 radical (unpaired) electrons. The molecule has 2 aromatic rings. The molecule has 1 saturated heterocycles. The Hall–Kier alpha value is -2.33. The molecule has 0 N–H and O–H groups in total. The summed E-state index contributed by atoms with van der Waals surface area (Å²) in [5.74, 6) is 0.888. The minimum atomic E-state index is 0.118. The second-order valence-electron chi connectivity index (χ2n) is 7.70. The van der Waals surface area contributed by atoms with E-state index in [0.29, 0.717) is 50.0 Å². The normalized spacial score (nSPS) is 21.5. The largest absolute Gasteiger partial charge is 0.339 e. The summed E-state index contributed by atoms with van der Waals surface area (Å²) < 4.78 is 0. The first-order valence-electron chi connectivity index (χ1n) is 9.98. The van der Waals surface area contributed by atoms with Gasteiger partial charge in [-0.2, -0.15) is 0 Å². The molecule has 1 heterocycles. The van der Waals surface area contributed by atoms with Crippen molar-refractivity contribution in [2.24, 2.45) is 5.92 Å². The molecule has 4 nitrogen and oxygen atoms in total. The highest BCUT2D eigenvalue weighted by Crippen LogP contribution is 2.48. The third-order valence-electron chi connectivity index (χ3n) is 5.80. The van der Waals surface area contributed by atoms with Crippen molar-refractivity contribution >= 4 is 23.4 Å². The van der Waals surface area contributed by atoms with Gasteiger partial charge in [0.05, 0.1) is 0 Å². The molecule has 5 heteroatoms. The van der Waals surface area contributed by atoms with Crippen LogP contribution in [-0.4, -0.2) is 47.8 Å². The zero-order valence-corrected chi connectivity index (χ0v) is 16.6. The number of halogens is 1. The average Bonchev–Trinajstić information content (AvgIpc) is 3.53. The van der Waals surface area contributed by atoms with Crippen molar-refractivity contribution < 1.29 is 9.59 Å². The van der Waals surface area contributed by atoms with Crippen LogP contribution in [0.5, 0.6) is 0 Å². The van der Waals surface area contributed by atoms with Gasteiger partial charge in [-0.1, -0.05) is 54.1 Å². The highest BCUT2D eigenvalue weighted by molar-refractivity contribution is 6.30. The van der Waals surface area contributed by atoms with E-state index >= 15 is 0 Å². The maximum absolute atomic E-state index is 12.8. The van der Waals surface area contributed by atoms with E-state index in [9.17, 15) is 9.59 Å². The van der Waals surface area contributed by atoms with Crippen LogP contribution in [0, 0.1) is 5.92 Å². The molecule has 28 heavy (non-hydrogen) atoms. The molecular formula is C23H25ClN2O2. The van der Waals surface area contributed by atoms with Gasteiger partial charge in [-0.15, -0.1) is 0 Å². The van der Waals surface area contributed by atoms with E-state index in [1.807, 2.05) is 52.3 Å². The highest BCUT2D eigenvalue weighted by Gasteiger charge is 2.46. The number of aryl methyl sites for hydroxylation is 1. The number of benzene rings is 2. The maximum atomic E-state index is 12.8. The van der Waals surface area contributed by atoms with Gasteiger partial charge in [0.25, 0.3) is 0 Å². The molecular weight excluding hydrogens is 372 g/mol. The highest BCUT2D eigenvalue weighted by atomic mass is 35.5. The van der Waals surface area contributed by atoms with Crippen molar-refractivity contribution in [1.29, 1.82) is 0 Å². The Morgan fingerprint density at radius 1 is 0.929 bits per heavy atom. The lowest BCUT2D eigenvalue weighted by molar-refractivity contribution is -0.140. The number of hydrogen-bond donors (Lipinski definition) is 0. The smallest absolute Gasteiger partial charge is 0.226 e. The van der Waals surface area contributed by atoms with Gasteiger partial charge in [-0.25, -0.2) is 0 Å². The molecule has 2 aromatic carbocycles. The van der Waals surface area contributed by atoms with Gasteiger partial charge in [-0.3, -0.25) is 9.59 Å². The number of amides is 2. The van der Waals surface area contributed by atoms with Crippen molar-refractivity contribution in [2.75, 3.05) is 26.2 Å². The van der Waals surface area contributed by atoms with Crippen LogP contribution in [0.3, 0.4) is 0 Å². The second kappa shape index (κ2) is 8.36. The molecule has 4 rings (SSSR count). The summed E-state index contributed by atoms with van der Waals surface area (Å²) in [6.45, 7) is 2.53. The lowest BCUT2D eigenvalue weighted by atomic mass is 10.1. The standard InChI is InChI=1S/C23H25ClN2O2/c24-19-8-4-5-17(15-19)9-10-22(27)25-11-13-26(14-12-25)23(28)21-16-20(21)18-6-2-1-3-7-18/h1-8,15,20-21H,9-14,16H2. The van der Waals surface area contributed by atoms with Gasteiger partial charge in [0.1, 0.15) is 0 Å². The van der Waals surface area contributed by atoms with E-state index < -0.39 is 0 Å². The van der Waals surface area contributed by atoms with E-state index in [4.69, 9.17) is 11.6 Å². The van der Waals surface area contributed by atoms with Crippen LogP contribution in [0.2, 0.25) is 5.02 Å². The number of carbonyl (C=O) groups is 2. The SMILES string of the molecule is O=C(CCc1cccc(Cl)c1)N1CCN(C(=O)C2CC2c2ccccc2)CC1. The van der Waals surface area contributed by atoms with Crippen LogP contribution in [0.15, 0.2) is 54.6 Å². The molecule has 2 aliphatic rings. The van der Waals surface area contributed by atoms with Crippen LogP contribution in [0.1, 0.15) is 29.9 Å².